The van der Waals surface area contributed by atoms with Crippen molar-refractivity contribution in [2.45, 2.75) is 59.0 Å². The molecule has 21 heavy (non-hydrogen) atoms. The highest BCUT2D eigenvalue weighted by Crippen LogP contribution is 2.23. The molecular weight excluding hydrogens is 266 g/mol. The zero-order valence-electron chi connectivity index (χ0n) is 13.6. The van der Waals surface area contributed by atoms with E-state index in [4.69, 9.17) is 4.74 Å². The number of aromatic nitrogens is 3. The molecule has 6 heteroatoms. The molecule has 2 heterocycles. The monoisotopic (exact) mass is 293 g/mol. The molecule has 1 aliphatic heterocycles. The second kappa shape index (κ2) is 6.91. The largest absolute Gasteiger partial charge is 0.457 e. The molecule has 1 N–H and O–H groups in total. The fraction of sp³-hybridized carbons (Fsp3) is 0.800. The first kappa shape index (κ1) is 15.8. The summed E-state index contributed by atoms with van der Waals surface area (Å²) in [5.41, 5.74) is -0.272. The molecule has 118 valence electrons. The average molecular weight is 293 g/mol. The van der Waals surface area contributed by atoms with Gasteiger partial charge in [0, 0.05) is 19.6 Å². The minimum atomic E-state index is -0.272. The van der Waals surface area contributed by atoms with E-state index in [-0.39, 0.29) is 5.60 Å². The van der Waals surface area contributed by atoms with Gasteiger partial charge < -0.3 is 15.0 Å². The minimum Gasteiger partial charge on any atom is -0.457 e. The van der Waals surface area contributed by atoms with Crippen molar-refractivity contribution < 1.29 is 4.74 Å². The smallest absolute Gasteiger partial charge is 0.323 e. The maximum absolute atomic E-state index is 5.94. The third kappa shape index (κ3) is 4.44. The Morgan fingerprint density at radius 2 is 1.86 bits per heavy atom. The van der Waals surface area contributed by atoms with Crippen LogP contribution in [0.1, 0.15) is 53.4 Å². The highest BCUT2D eigenvalue weighted by Gasteiger charge is 2.22. The number of nitrogens with zero attached hydrogens (tertiary/aromatic N) is 4. The first-order valence-corrected chi connectivity index (χ1v) is 7.98. The van der Waals surface area contributed by atoms with Crippen LogP contribution in [0, 0.1) is 0 Å². The van der Waals surface area contributed by atoms with Gasteiger partial charge in [-0.3, -0.25) is 0 Å². The molecule has 0 spiro atoms. The summed E-state index contributed by atoms with van der Waals surface area (Å²) >= 11 is 0. The van der Waals surface area contributed by atoms with Crippen LogP contribution in [0.25, 0.3) is 0 Å². The third-order valence-corrected chi connectivity index (χ3v) is 3.74. The summed E-state index contributed by atoms with van der Waals surface area (Å²) in [4.78, 5) is 15.6. The van der Waals surface area contributed by atoms with Crippen molar-refractivity contribution in [1.29, 1.82) is 0 Å². The van der Waals surface area contributed by atoms with Crippen LogP contribution in [0.3, 0.4) is 0 Å². The first-order valence-electron chi connectivity index (χ1n) is 7.98. The summed E-state index contributed by atoms with van der Waals surface area (Å²) in [6.45, 7) is 11.2. The normalized spacial score (nSPS) is 15.3. The van der Waals surface area contributed by atoms with Crippen LogP contribution in [0.15, 0.2) is 0 Å². The number of anilines is 2. The molecule has 0 aromatic carbocycles. The number of hydrogen-bond donors (Lipinski definition) is 1. The summed E-state index contributed by atoms with van der Waals surface area (Å²) in [5.74, 6) is 1.33. The Bertz CT molecular complexity index is 457. The molecular formula is C15H27N5O. The van der Waals surface area contributed by atoms with Crippen LogP contribution in [0.2, 0.25) is 0 Å². The summed E-state index contributed by atoms with van der Waals surface area (Å²) in [5, 5.41) is 3.23. The number of nitrogens with one attached hydrogen (secondary N) is 1. The molecule has 0 aliphatic carbocycles. The van der Waals surface area contributed by atoms with Crippen LogP contribution < -0.4 is 15.0 Å². The first-order chi connectivity index (χ1) is 10.0. The molecule has 1 aliphatic rings. The Morgan fingerprint density at radius 1 is 1.14 bits per heavy atom. The second-order valence-electron chi connectivity index (χ2n) is 6.08. The van der Waals surface area contributed by atoms with Crippen LogP contribution in [0.5, 0.6) is 6.01 Å². The van der Waals surface area contributed by atoms with Crippen molar-refractivity contribution in [3.8, 4) is 6.01 Å². The third-order valence-electron chi connectivity index (χ3n) is 3.74. The lowest BCUT2D eigenvalue weighted by molar-refractivity contribution is 0.0925. The summed E-state index contributed by atoms with van der Waals surface area (Å²) in [6, 6.07) is 0.414. The Hall–Kier alpha value is -1.59. The fourth-order valence-corrected chi connectivity index (χ4v) is 2.09. The van der Waals surface area contributed by atoms with Gasteiger partial charge >= 0.3 is 6.01 Å². The van der Waals surface area contributed by atoms with Gasteiger partial charge in [0.25, 0.3) is 0 Å². The van der Waals surface area contributed by atoms with E-state index >= 15 is 0 Å². The van der Waals surface area contributed by atoms with E-state index in [0.29, 0.717) is 12.0 Å². The van der Waals surface area contributed by atoms with Crippen molar-refractivity contribution in [1.82, 2.24) is 15.0 Å². The highest BCUT2D eigenvalue weighted by molar-refractivity contribution is 5.39. The number of rotatable bonds is 7. The SMILES string of the molecule is CCCNc1nc(OC(C)(C)CC)nc(N2CCCC2)n1. The molecule has 1 aromatic rings. The van der Waals surface area contributed by atoms with Gasteiger partial charge in [0.05, 0.1) is 0 Å². The van der Waals surface area contributed by atoms with Gasteiger partial charge in [-0.2, -0.15) is 15.0 Å². The van der Waals surface area contributed by atoms with Gasteiger partial charge in [-0.05, 0) is 39.5 Å². The predicted molar refractivity (Wildman–Crippen MR) is 85.1 cm³/mol. The van der Waals surface area contributed by atoms with Crippen molar-refractivity contribution in [2.24, 2.45) is 0 Å². The molecule has 0 atom stereocenters. The number of hydrogen-bond acceptors (Lipinski definition) is 6. The van der Waals surface area contributed by atoms with E-state index in [1.807, 2.05) is 13.8 Å². The van der Waals surface area contributed by atoms with Crippen molar-refractivity contribution >= 4 is 11.9 Å². The molecule has 0 unspecified atom stereocenters. The molecule has 0 radical (unpaired) electrons. The van der Waals surface area contributed by atoms with Gasteiger partial charge in [-0.25, -0.2) is 0 Å². The predicted octanol–water partition coefficient (Wildman–Crippen LogP) is 2.86. The van der Waals surface area contributed by atoms with Gasteiger partial charge in [0.2, 0.25) is 11.9 Å². The van der Waals surface area contributed by atoms with Crippen molar-refractivity contribution in [2.75, 3.05) is 29.9 Å². The molecule has 1 aromatic heterocycles. The second-order valence-corrected chi connectivity index (χ2v) is 6.08. The Kier molecular flexibility index (Phi) is 5.20. The van der Waals surface area contributed by atoms with Crippen molar-refractivity contribution in [3.05, 3.63) is 0 Å². The van der Waals surface area contributed by atoms with Gasteiger partial charge in [0.1, 0.15) is 5.60 Å². The van der Waals surface area contributed by atoms with E-state index in [9.17, 15) is 0 Å². The average Bonchev–Trinajstić information content (AvgIpc) is 2.98. The van der Waals surface area contributed by atoms with Crippen molar-refractivity contribution in [3.63, 3.8) is 0 Å². The quantitative estimate of drug-likeness (QED) is 0.834. The molecule has 0 saturated carbocycles. The van der Waals surface area contributed by atoms with E-state index < -0.39 is 0 Å². The summed E-state index contributed by atoms with van der Waals surface area (Å²) in [6.07, 6.45) is 4.32. The topological polar surface area (TPSA) is 63.2 Å². The minimum absolute atomic E-state index is 0.272. The fourth-order valence-electron chi connectivity index (χ4n) is 2.09. The highest BCUT2D eigenvalue weighted by atomic mass is 16.5. The lowest BCUT2D eigenvalue weighted by Gasteiger charge is -2.24. The van der Waals surface area contributed by atoms with Crippen LogP contribution in [0.4, 0.5) is 11.9 Å². The van der Waals surface area contributed by atoms with E-state index in [1.165, 1.54) is 12.8 Å². The van der Waals surface area contributed by atoms with E-state index in [2.05, 4.69) is 39.0 Å². The van der Waals surface area contributed by atoms with Gasteiger partial charge in [-0.1, -0.05) is 13.8 Å². The van der Waals surface area contributed by atoms with Crippen LogP contribution in [-0.4, -0.2) is 40.2 Å². The molecule has 1 saturated heterocycles. The van der Waals surface area contributed by atoms with E-state index in [0.717, 1.165) is 38.4 Å². The van der Waals surface area contributed by atoms with Crippen LogP contribution >= 0.6 is 0 Å². The number of ether oxygens (including phenoxy) is 1. The molecule has 0 bridgehead atoms. The van der Waals surface area contributed by atoms with Gasteiger partial charge in [0.15, 0.2) is 0 Å². The lowest BCUT2D eigenvalue weighted by atomic mass is 10.1. The maximum atomic E-state index is 5.94. The standard InChI is InChI=1S/C15H27N5O/c1-5-9-16-12-17-13(20-10-7-8-11-20)19-14(18-12)21-15(3,4)6-2/h5-11H2,1-4H3,(H,16,17,18,19). The molecule has 2 rings (SSSR count). The zero-order chi connectivity index (χ0) is 15.3. The van der Waals surface area contributed by atoms with Gasteiger partial charge in [-0.15, -0.1) is 0 Å². The summed E-state index contributed by atoms with van der Waals surface area (Å²) in [7, 11) is 0. The van der Waals surface area contributed by atoms with E-state index in [1.54, 1.807) is 0 Å². The Labute approximate surface area is 127 Å². The zero-order valence-corrected chi connectivity index (χ0v) is 13.6. The maximum Gasteiger partial charge on any atom is 0.323 e. The lowest BCUT2D eigenvalue weighted by Crippen LogP contribution is -2.29. The molecule has 1 fully saturated rings. The Balaban J connectivity index is 2.23. The van der Waals surface area contributed by atoms with Crippen LogP contribution in [-0.2, 0) is 0 Å². The molecule has 6 nitrogen and oxygen atoms in total. The Morgan fingerprint density at radius 3 is 2.48 bits per heavy atom. The molecule has 0 amide bonds. The summed E-state index contributed by atoms with van der Waals surface area (Å²) < 4.78 is 5.94.